The molecule has 1 atom stereocenters. The number of nitrogens with one attached hydrogen (secondary N) is 1. The molecular formula is C11H20N4O. The predicted molar refractivity (Wildman–Crippen MR) is 65.8 cm³/mol. The zero-order valence-electron chi connectivity index (χ0n) is 10.1. The Labute approximate surface area is 96.5 Å². The Bertz CT molecular complexity index is 319. The number of aromatic nitrogens is 2. The third kappa shape index (κ3) is 3.34. The Morgan fingerprint density at radius 3 is 2.94 bits per heavy atom. The highest BCUT2D eigenvalue weighted by Crippen LogP contribution is 2.12. The summed E-state index contributed by atoms with van der Waals surface area (Å²) in [6.45, 7) is 5.01. The van der Waals surface area contributed by atoms with Gasteiger partial charge in [0.2, 0.25) is 5.95 Å². The molecule has 1 aromatic heterocycles. The molecule has 5 heteroatoms. The molecule has 0 amide bonds. The van der Waals surface area contributed by atoms with E-state index in [1.165, 1.54) is 0 Å². The molecule has 90 valence electrons. The largest absolute Gasteiger partial charge is 0.394 e. The summed E-state index contributed by atoms with van der Waals surface area (Å²) in [5, 5.41) is 12.2. The van der Waals surface area contributed by atoms with Crippen LogP contribution in [0.2, 0.25) is 0 Å². The summed E-state index contributed by atoms with van der Waals surface area (Å²) in [7, 11) is 1.91. The first-order valence-electron chi connectivity index (χ1n) is 5.59. The third-order valence-electron chi connectivity index (χ3n) is 2.46. The monoisotopic (exact) mass is 224 g/mol. The molecule has 0 aromatic carbocycles. The number of aliphatic hydroxyl groups is 1. The van der Waals surface area contributed by atoms with E-state index in [2.05, 4.69) is 22.2 Å². The fraction of sp³-hybridized carbons (Fsp3) is 0.636. The topological polar surface area (TPSA) is 61.3 Å². The fourth-order valence-corrected chi connectivity index (χ4v) is 1.22. The number of aliphatic hydroxyl groups excluding tert-OH is 1. The molecule has 1 aromatic rings. The quantitative estimate of drug-likeness (QED) is 0.758. The molecule has 16 heavy (non-hydrogen) atoms. The average Bonchev–Trinajstić information content (AvgIpc) is 2.34. The molecule has 0 aliphatic rings. The van der Waals surface area contributed by atoms with Gasteiger partial charge in [-0.05, 0) is 19.4 Å². The zero-order valence-corrected chi connectivity index (χ0v) is 10.1. The zero-order chi connectivity index (χ0) is 12.0. The Kier molecular flexibility index (Phi) is 4.98. The minimum absolute atomic E-state index is 0.0499. The van der Waals surface area contributed by atoms with Crippen molar-refractivity contribution in [2.45, 2.75) is 26.3 Å². The van der Waals surface area contributed by atoms with E-state index in [1.807, 2.05) is 24.9 Å². The van der Waals surface area contributed by atoms with Crippen molar-refractivity contribution in [3.8, 4) is 0 Å². The van der Waals surface area contributed by atoms with E-state index in [1.54, 1.807) is 6.20 Å². The van der Waals surface area contributed by atoms with E-state index in [-0.39, 0.29) is 12.6 Å². The number of nitrogens with zero attached hydrogens (tertiary/aromatic N) is 3. The van der Waals surface area contributed by atoms with Crippen LogP contribution in [-0.2, 0) is 0 Å². The van der Waals surface area contributed by atoms with Gasteiger partial charge in [0.25, 0.3) is 0 Å². The highest BCUT2D eigenvalue weighted by Gasteiger charge is 2.10. The maximum Gasteiger partial charge on any atom is 0.224 e. The van der Waals surface area contributed by atoms with Crippen molar-refractivity contribution in [2.75, 3.05) is 30.4 Å². The lowest BCUT2D eigenvalue weighted by Crippen LogP contribution is -2.32. The first kappa shape index (κ1) is 12.7. The molecule has 0 spiro atoms. The van der Waals surface area contributed by atoms with Gasteiger partial charge in [0.15, 0.2) is 0 Å². The molecule has 0 radical (unpaired) electrons. The summed E-state index contributed by atoms with van der Waals surface area (Å²) < 4.78 is 0. The van der Waals surface area contributed by atoms with Crippen LogP contribution in [0.5, 0.6) is 0 Å². The second-order valence-corrected chi connectivity index (χ2v) is 3.81. The van der Waals surface area contributed by atoms with Crippen molar-refractivity contribution < 1.29 is 5.11 Å². The maximum absolute atomic E-state index is 9.08. The molecule has 0 bridgehead atoms. The lowest BCUT2D eigenvalue weighted by Gasteiger charge is -2.24. The summed E-state index contributed by atoms with van der Waals surface area (Å²) in [6, 6.07) is 1.89. The van der Waals surface area contributed by atoms with Gasteiger partial charge in [0, 0.05) is 19.8 Å². The minimum Gasteiger partial charge on any atom is -0.394 e. The van der Waals surface area contributed by atoms with Gasteiger partial charge in [0.1, 0.15) is 5.82 Å². The first-order chi connectivity index (χ1) is 7.69. The van der Waals surface area contributed by atoms with Crippen LogP contribution in [0.15, 0.2) is 12.3 Å². The minimum atomic E-state index is 0.0499. The molecule has 1 heterocycles. The summed E-state index contributed by atoms with van der Waals surface area (Å²) in [6.07, 6.45) is 2.76. The molecule has 0 aliphatic heterocycles. The van der Waals surface area contributed by atoms with Gasteiger partial charge in [-0.3, -0.25) is 0 Å². The number of hydrogen-bond acceptors (Lipinski definition) is 5. The van der Waals surface area contributed by atoms with Gasteiger partial charge < -0.3 is 15.3 Å². The highest BCUT2D eigenvalue weighted by atomic mass is 16.3. The van der Waals surface area contributed by atoms with Crippen molar-refractivity contribution in [3.05, 3.63) is 12.3 Å². The lowest BCUT2D eigenvalue weighted by atomic mass is 10.3. The summed E-state index contributed by atoms with van der Waals surface area (Å²) in [5.41, 5.74) is 0. The van der Waals surface area contributed by atoms with Gasteiger partial charge in [-0.15, -0.1) is 0 Å². The van der Waals surface area contributed by atoms with E-state index in [0.29, 0.717) is 5.95 Å². The van der Waals surface area contributed by atoms with E-state index in [4.69, 9.17) is 5.11 Å². The van der Waals surface area contributed by atoms with Crippen LogP contribution in [0.4, 0.5) is 11.8 Å². The molecule has 0 saturated heterocycles. The van der Waals surface area contributed by atoms with Crippen molar-refractivity contribution >= 4 is 11.8 Å². The molecule has 1 rings (SSSR count). The summed E-state index contributed by atoms with van der Waals surface area (Å²) in [5.74, 6) is 1.45. The molecule has 0 fully saturated rings. The third-order valence-corrected chi connectivity index (χ3v) is 2.46. The maximum atomic E-state index is 9.08. The van der Waals surface area contributed by atoms with E-state index in [0.717, 1.165) is 18.8 Å². The van der Waals surface area contributed by atoms with Gasteiger partial charge in [-0.25, -0.2) is 4.98 Å². The molecule has 0 aliphatic carbocycles. The lowest BCUT2D eigenvalue weighted by molar-refractivity contribution is 0.270. The van der Waals surface area contributed by atoms with Gasteiger partial charge in [-0.1, -0.05) is 6.92 Å². The van der Waals surface area contributed by atoms with Crippen molar-refractivity contribution in [2.24, 2.45) is 0 Å². The number of likely N-dealkylation sites (N-methyl/N-ethyl adjacent to an activating group) is 1. The second kappa shape index (κ2) is 6.27. The SMILES string of the molecule is CCCNc1nccc(N(C)C(C)CO)n1. The Hall–Kier alpha value is -1.36. The molecular weight excluding hydrogens is 204 g/mol. The van der Waals surface area contributed by atoms with E-state index >= 15 is 0 Å². The van der Waals surface area contributed by atoms with Crippen LogP contribution in [0.25, 0.3) is 0 Å². The normalized spacial score (nSPS) is 12.2. The van der Waals surface area contributed by atoms with Crippen molar-refractivity contribution in [3.63, 3.8) is 0 Å². The fourth-order valence-electron chi connectivity index (χ4n) is 1.22. The Morgan fingerprint density at radius 2 is 2.31 bits per heavy atom. The average molecular weight is 224 g/mol. The van der Waals surface area contributed by atoms with E-state index in [9.17, 15) is 0 Å². The van der Waals surface area contributed by atoms with Crippen LogP contribution in [-0.4, -0.2) is 41.3 Å². The first-order valence-corrected chi connectivity index (χ1v) is 5.59. The number of anilines is 2. The van der Waals surface area contributed by atoms with Crippen LogP contribution in [0.1, 0.15) is 20.3 Å². The van der Waals surface area contributed by atoms with Crippen molar-refractivity contribution in [1.29, 1.82) is 0 Å². The van der Waals surface area contributed by atoms with Crippen LogP contribution in [0.3, 0.4) is 0 Å². The number of hydrogen-bond donors (Lipinski definition) is 2. The molecule has 1 unspecified atom stereocenters. The highest BCUT2D eigenvalue weighted by molar-refractivity contribution is 5.42. The van der Waals surface area contributed by atoms with Gasteiger partial charge >= 0.3 is 0 Å². The predicted octanol–water partition coefficient (Wildman–Crippen LogP) is 1.12. The van der Waals surface area contributed by atoms with Crippen molar-refractivity contribution in [1.82, 2.24) is 9.97 Å². The second-order valence-electron chi connectivity index (χ2n) is 3.81. The van der Waals surface area contributed by atoms with Gasteiger partial charge in [0.05, 0.1) is 12.6 Å². The van der Waals surface area contributed by atoms with Gasteiger partial charge in [-0.2, -0.15) is 4.98 Å². The standard InChI is InChI=1S/C11H20N4O/c1-4-6-12-11-13-7-5-10(14-11)15(3)9(2)8-16/h5,7,9,16H,4,6,8H2,1-3H3,(H,12,13,14). The molecule has 5 nitrogen and oxygen atoms in total. The Morgan fingerprint density at radius 1 is 1.56 bits per heavy atom. The summed E-state index contributed by atoms with van der Waals surface area (Å²) >= 11 is 0. The summed E-state index contributed by atoms with van der Waals surface area (Å²) in [4.78, 5) is 10.4. The number of rotatable bonds is 6. The van der Waals surface area contributed by atoms with Crippen LogP contribution in [0, 0.1) is 0 Å². The van der Waals surface area contributed by atoms with E-state index < -0.39 is 0 Å². The molecule has 2 N–H and O–H groups in total. The smallest absolute Gasteiger partial charge is 0.224 e. The van der Waals surface area contributed by atoms with Crippen LogP contribution >= 0.6 is 0 Å². The van der Waals surface area contributed by atoms with Crippen LogP contribution < -0.4 is 10.2 Å². The molecule has 0 saturated carbocycles. The Balaban J connectivity index is 2.73.